The van der Waals surface area contributed by atoms with E-state index < -0.39 is 0 Å². The standard InChI is InChI=1S/C19H20N4S/c1-12-11-22(20)19(17-10-13(2)24-14(17)3)23(12)18-16-7-5-4-6-15(16)8-9-21-18/h4-11,19H,20H2,1-3H3. The van der Waals surface area contributed by atoms with Gasteiger partial charge < -0.3 is 4.90 Å². The highest BCUT2D eigenvalue weighted by Crippen LogP contribution is 2.41. The largest absolute Gasteiger partial charge is 0.302 e. The van der Waals surface area contributed by atoms with Crippen LogP contribution in [0.1, 0.15) is 28.4 Å². The van der Waals surface area contributed by atoms with Crippen LogP contribution >= 0.6 is 11.3 Å². The molecule has 0 saturated heterocycles. The highest BCUT2D eigenvalue weighted by molar-refractivity contribution is 7.12. The second-order valence-corrected chi connectivity index (χ2v) is 7.65. The van der Waals surface area contributed by atoms with Gasteiger partial charge in [-0.15, -0.1) is 11.3 Å². The molecule has 3 heterocycles. The number of hydrogen-bond donors (Lipinski definition) is 1. The molecular formula is C19H20N4S. The molecule has 1 unspecified atom stereocenters. The van der Waals surface area contributed by atoms with E-state index in [0.717, 1.165) is 16.9 Å². The number of aryl methyl sites for hydroxylation is 2. The smallest absolute Gasteiger partial charge is 0.148 e. The number of nitrogens with two attached hydrogens (primary N) is 1. The van der Waals surface area contributed by atoms with Gasteiger partial charge in [-0.25, -0.2) is 10.8 Å². The summed E-state index contributed by atoms with van der Waals surface area (Å²) in [7, 11) is 0. The number of anilines is 1. The molecule has 1 aliphatic rings. The Morgan fingerprint density at radius 1 is 1.12 bits per heavy atom. The number of allylic oxidation sites excluding steroid dienone is 1. The van der Waals surface area contributed by atoms with Crippen LogP contribution in [-0.4, -0.2) is 9.99 Å². The van der Waals surface area contributed by atoms with Crippen LogP contribution < -0.4 is 10.7 Å². The Hall–Kier alpha value is -2.37. The van der Waals surface area contributed by atoms with Crippen molar-refractivity contribution in [1.82, 2.24) is 9.99 Å². The van der Waals surface area contributed by atoms with Gasteiger partial charge in [-0.3, -0.25) is 5.01 Å². The third kappa shape index (κ3) is 2.28. The Labute approximate surface area is 145 Å². The van der Waals surface area contributed by atoms with E-state index in [1.165, 1.54) is 20.7 Å². The number of pyridine rings is 1. The number of benzene rings is 1. The minimum Gasteiger partial charge on any atom is -0.302 e. The number of fused-ring (bicyclic) bond motifs is 1. The molecule has 5 heteroatoms. The van der Waals surface area contributed by atoms with Gasteiger partial charge in [-0.2, -0.15) is 0 Å². The van der Waals surface area contributed by atoms with E-state index in [-0.39, 0.29) is 6.17 Å². The summed E-state index contributed by atoms with van der Waals surface area (Å²) < 4.78 is 0. The van der Waals surface area contributed by atoms with Crippen LogP contribution in [0.15, 0.2) is 54.5 Å². The molecule has 2 aromatic heterocycles. The van der Waals surface area contributed by atoms with Crippen molar-refractivity contribution in [3.8, 4) is 0 Å². The Balaban J connectivity index is 1.90. The van der Waals surface area contributed by atoms with Crippen molar-refractivity contribution in [2.45, 2.75) is 26.9 Å². The Bertz CT molecular complexity index is 938. The maximum Gasteiger partial charge on any atom is 0.148 e. The van der Waals surface area contributed by atoms with Gasteiger partial charge in [0.2, 0.25) is 0 Å². The molecule has 3 aromatic rings. The van der Waals surface area contributed by atoms with Crippen molar-refractivity contribution in [2.75, 3.05) is 4.90 Å². The first-order chi connectivity index (χ1) is 11.6. The molecule has 0 amide bonds. The van der Waals surface area contributed by atoms with Crippen molar-refractivity contribution < 1.29 is 0 Å². The molecule has 1 aliphatic heterocycles. The van der Waals surface area contributed by atoms with Crippen LogP contribution in [0.25, 0.3) is 10.8 Å². The zero-order valence-corrected chi connectivity index (χ0v) is 14.8. The first kappa shape index (κ1) is 15.2. The fourth-order valence-corrected chi connectivity index (χ4v) is 4.41. The van der Waals surface area contributed by atoms with Crippen LogP contribution in [0.3, 0.4) is 0 Å². The lowest BCUT2D eigenvalue weighted by Crippen LogP contribution is -2.36. The molecule has 0 spiro atoms. The van der Waals surface area contributed by atoms with Gasteiger partial charge in [0, 0.05) is 38.8 Å². The van der Waals surface area contributed by atoms with Crippen molar-refractivity contribution >= 4 is 27.9 Å². The average molecular weight is 336 g/mol. The summed E-state index contributed by atoms with van der Waals surface area (Å²) in [4.78, 5) is 9.52. The zero-order valence-electron chi connectivity index (χ0n) is 14.0. The van der Waals surface area contributed by atoms with Crippen LogP contribution in [0.4, 0.5) is 5.82 Å². The van der Waals surface area contributed by atoms with Gasteiger partial charge in [-0.05, 0) is 38.3 Å². The van der Waals surface area contributed by atoms with Crippen molar-refractivity contribution in [2.24, 2.45) is 5.84 Å². The average Bonchev–Trinajstić information content (AvgIpc) is 3.04. The van der Waals surface area contributed by atoms with Crippen LogP contribution in [0.5, 0.6) is 0 Å². The summed E-state index contributed by atoms with van der Waals surface area (Å²) in [5.41, 5.74) is 2.33. The molecule has 24 heavy (non-hydrogen) atoms. The molecule has 122 valence electrons. The lowest BCUT2D eigenvalue weighted by Gasteiger charge is -2.31. The van der Waals surface area contributed by atoms with Gasteiger partial charge in [0.15, 0.2) is 0 Å². The van der Waals surface area contributed by atoms with Gasteiger partial charge in [0.1, 0.15) is 12.0 Å². The van der Waals surface area contributed by atoms with Crippen LogP contribution in [0.2, 0.25) is 0 Å². The zero-order chi connectivity index (χ0) is 16.8. The minimum absolute atomic E-state index is 0.0618. The first-order valence-corrected chi connectivity index (χ1v) is 8.79. The van der Waals surface area contributed by atoms with Crippen LogP contribution in [-0.2, 0) is 0 Å². The molecule has 1 atom stereocenters. The van der Waals surface area contributed by atoms with E-state index in [4.69, 9.17) is 10.8 Å². The molecular weight excluding hydrogens is 316 g/mol. The molecule has 2 N–H and O–H groups in total. The number of hydrogen-bond acceptors (Lipinski definition) is 5. The predicted octanol–water partition coefficient (Wildman–Crippen LogP) is 4.47. The first-order valence-electron chi connectivity index (χ1n) is 7.97. The molecule has 0 saturated carbocycles. The number of hydrazine groups is 1. The quantitative estimate of drug-likeness (QED) is 0.701. The van der Waals surface area contributed by atoms with E-state index in [9.17, 15) is 0 Å². The normalized spacial score (nSPS) is 17.7. The van der Waals surface area contributed by atoms with Crippen molar-refractivity contribution in [3.05, 3.63) is 69.8 Å². The summed E-state index contributed by atoms with van der Waals surface area (Å²) in [5.74, 6) is 7.29. The summed E-state index contributed by atoms with van der Waals surface area (Å²) in [5, 5.41) is 4.10. The summed E-state index contributed by atoms with van der Waals surface area (Å²) in [6.45, 7) is 6.37. The minimum atomic E-state index is -0.0618. The highest BCUT2D eigenvalue weighted by atomic mass is 32.1. The number of rotatable bonds is 2. The Morgan fingerprint density at radius 2 is 1.92 bits per heavy atom. The molecule has 0 bridgehead atoms. The van der Waals surface area contributed by atoms with Gasteiger partial charge in [0.25, 0.3) is 0 Å². The van der Waals surface area contributed by atoms with Crippen molar-refractivity contribution in [1.29, 1.82) is 0 Å². The third-order valence-corrected chi connectivity index (χ3v) is 5.46. The van der Waals surface area contributed by atoms with Gasteiger partial charge in [-0.1, -0.05) is 24.3 Å². The fourth-order valence-electron chi connectivity index (χ4n) is 3.46. The molecule has 0 radical (unpaired) electrons. The topological polar surface area (TPSA) is 45.4 Å². The Kier molecular flexibility index (Phi) is 3.55. The van der Waals surface area contributed by atoms with E-state index in [1.54, 1.807) is 5.01 Å². The monoisotopic (exact) mass is 336 g/mol. The van der Waals surface area contributed by atoms with E-state index in [1.807, 2.05) is 29.8 Å². The SMILES string of the molecule is CC1=CN(N)C(c2cc(C)sc2C)N1c1nccc2ccccc12. The van der Waals surface area contributed by atoms with Crippen molar-refractivity contribution in [3.63, 3.8) is 0 Å². The van der Waals surface area contributed by atoms with Gasteiger partial charge >= 0.3 is 0 Å². The number of thiophene rings is 1. The molecule has 4 rings (SSSR count). The summed E-state index contributed by atoms with van der Waals surface area (Å²) >= 11 is 1.81. The maximum absolute atomic E-state index is 6.34. The summed E-state index contributed by atoms with van der Waals surface area (Å²) in [6.07, 6.45) is 3.79. The highest BCUT2D eigenvalue weighted by Gasteiger charge is 2.34. The molecule has 1 aromatic carbocycles. The number of nitrogens with zero attached hydrogens (tertiary/aromatic N) is 3. The van der Waals surface area contributed by atoms with E-state index in [0.29, 0.717) is 0 Å². The van der Waals surface area contributed by atoms with Crippen LogP contribution in [0, 0.1) is 13.8 Å². The third-order valence-electron chi connectivity index (χ3n) is 4.48. The second kappa shape index (κ2) is 5.61. The maximum atomic E-state index is 6.34. The lowest BCUT2D eigenvalue weighted by molar-refractivity contribution is 0.315. The number of aromatic nitrogens is 1. The van der Waals surface area contributed by atoms with E-state index >= 15 is 0 Å². The predicted molar refractivity (Wildman–Crippen MR) is 101 cm³/mol. The molecule has 0 aliphatic carbocycles. The Morgan fingerprint density at radius 3 is 2.67 bits per heavy atom. The second-order valence-electron chi connectivity index (χ2n) is 6.19. The lowest BCUT2D eigenvalue weighted by atomic mass is 10.1. The fraction of sp³-hybridized carbons (Fsp3) is 0.211. The summed E-state index contributed by atoms with van der Waals surface area (Å²) in [6, 6.07) is 12.6. The van der Waals surface area contributed by atoms with E-state index in [2.05, 4.69) is 56.0 Å². The molecule has 0 fully saturated rings. The molecule has 4 nitrogen and oxygen atoms in total. The van der Waals surface area contributed by atoms with Gasteiger partial charge in [0.05, 0.1) is 0 Å².